The molecule has 1 N–H and O–H groups in total. The second kappa shape index (κ2) is 13.0. The zero-order valence-electron chi connectivity index (χ0n) is 22.6. The fourth-order valence-corrected chi connectivity index (χ4v) is 6.94. The Hall–Kier alpha value is -2.28. The molecule has 1 aromatic rings. The van der Waals surface area contributed by atoms with Crippen molar-refractivity contribution in [3.8, 4) is 0 Å². The van der Waals surface area contributed by atoms with E-state index in [9.17, 15) is 18.8 Å². The van der Waals surface area contributed by atoms with Crippen molar-refractivity contribution in [2.75, 3.05) is 19.6 Å². The maximum Gasteiger partial charge on any atom is 0.219 e. The molecule has 6 nitrogen and oxygen atoms in total. The molecule has 0 atom stereocenters. The Morgan fingerprint density at radius 3 is 1.97 bits per heavy atom. The number of amides is 2. The Labute approximate surface area is 221 Å². The smallest absolute Gasteiger partial charge is 0.219 e. The van der Waals surface area contributed by atoms with Gasteiger partial charge in [-0.3, -0.25) is 14.4 Å². The molecule has 37 heavy (non-hydrogen) atoms. The van der Waals surface area contributed by atoms with Gasteiger partial charge in [-0.2, -0.15) is 0 Å². The summed E-state index contributed by atoms with van der Waals surface area (Å²) in [7, 11) is 0. The lowest BCUT2D eigenvalue weighted by Gasteiger charge is -2.44. The number of benzene rings is 1. The van der Waals surface area contributed by atoms with Crippen molar-refractivity contribution in [3.05, 3.63) is 35.6 Å². The van der Waals surface area contributed by atoms with E-state index in [2.05, 4.69) is 15.1 Å². The van der Waals surface area contributed by atoms with Crippen LogP contribution in [0.25, 0.3) is 0 Å². The Kier molecular flexibility index (Phi) is 9.74. The van der Waals surface area contributed by atoms with Crippen LogP contribution in [-0.4, -0.2) is 65.2 Å². The number of hydrogen-bond acceptors (Lipinski definition) is 4. The summed E-state index contributed by atoms with van der Waals surface area (Å²) in [5.41, 5.74) is 0.622. The first-order valence-electron chi connectivity index (χ1n) is 14.4. The van der Waals surface area contributed by atoms with E-state index in [0.717, 1.165) is 71.0 Å². The summed E-state index contributed by atoms with van der Waals surface area (Å²) < 4.78 is 13.2. The van der Waals surface area contributed by atoms with Crippen molar-refractivity contribution in [2.24, 2.45) is 11.8 Å². The molecule has 0 bridgehead atoms. The van der Waals surface area contributed by atoms with Crippen molar-refractivity contribution in [1.82, 2.24) is 15.1 Å². The minimum Gasteiger partial charge on any atom is -0.354 e. The second-order valence-electron chi connectivity index (χ2n) is 11.6. The molecule has 3 fully saturated rings. The van der Waals surface area contributed by atoms with Crippen LogP contribution in [0.4, 0.5) is 4.39 Å². The predicted molar refractivity (Wildman–Crippen MR) is 143 cm³/mol. The van der Waals surface area contributed by atoms with Crippen molar-refractivity contribution >= 4 is 17.6 Å². The van der Waals surface area contributed by atoms with Gasteiger partial charge in [-0.25, -0.2) is 4.39 Å². The number of Topliss-reactive ketones (excluding diaryl/α,β-unsaturated/α-hetero) is 1. The van der Waals surface area contributed by atoms with E-state index in [1.165, 1.54) is 31.4 Å². The van der Waals surface area contributed by atoms with E-state index in [1.54, 1.807) is 26.0 Å². The fourth-order valence-electron chi connectivity index (χ4n) is 6.94. The van der Waals surface area contributed by atoms with Gasteiger partial charge in [-0.1, -0.05) is 0 Å². The van der Waals surface area contributed by atoms with E-state index in [4.69, 9.17) is 0 Å². The van der Waals surface area contributed by atoms with E-state index >= 15 is 0 Å². The van der Waals surface area contributed by atoms with Crippen molar-refractivity contribution < 1.29 is 18.8 Å². The topological polar surface area (TPSA) is 69.7 Å². The number of piperidine rings is 1. The number of halogens is 1. The zero-order chi connectivity index (χ0) is 26.4. The van der Waals surface area contributed by atoms with Crippen LogP contribution in [0, 0.1) is 17.7 Å². The third-order valence-corrected chi connectivity index (χ3v) is 9.01. The lowest BCUT2D eigenvalue weighted by Crippen LogP contribution is -2.50. The van der Waals surface area contributed by atoms with Gasteiger partial charge in [0.25, 0.3) is 0 Å². The van der Waals surface area contributed by atoms with Crippen molar-refractivity contribution in [1.29, 1.82) is 0 Å². The first-order chi connectivity index (χ1) is 17.8. The predicted octanol–water partition coefficient (Wildman–Crippen LogP) is 4.97. The quantitative estimate of drug-likeness (QED) is 0.499. The summed E-state index contributed by atoms with van der Waals surface area (Å²) in [4.78, 5) is 41.4. The summed E-state index contributed by atoms with van der Waals surface area (Å²) in [6, 6.07) is 6.85. The molecular formula is C30H44FN3O3. The van der Waals surface area contributed by atoms with Crippen molar-refractivity contribution in [3.63, 3.8) is 0 Å². The Balaban J connectivity index is 1.16. The maximum absolute atomic E-state index is 13.2. The summed E-state index contributed by atoms with van der Waals surface area (Å²) in [5, 5.41) is 3.04. The highest BCUT2D eigenvalue weighted by Gasteiger charge is 2.34. The third kappa shape index (κ3) is 7.62. The van der Waals surface area contributed by atoms with Gasteiger partial charge in [0, 0.05) is 43.5 Å². The van der Waals surface area contributed by atoms with Gasteiger partial charge >= 0.3 is 0 Å². The first kappa shape index (κ1) is 27.7. The van der Waals surface area contributed by atoms with Gasteiger partial charge in [-0.15, -0.1) is 0 Å². The Bertz CT molecular complexity index is 913. The molecular weight excluding hydrogens is 469 g/mol. The molecule has 1 saturated heterocycles. The number of nitrogens with zero attached hydrogens (tertiary/aromatic N) is 2. The number of carbonyl (C=O) groups excluding carboxylic acids is 3. The zero-order valence-corrected chi connectivity index (χ0v) is 22.6. The molecule has 1 aliphatic heterocycles. The summed E-state index contributed by atoms with van der Waals surface area (Å²) >= 11 is 0. The van der Waals surface area contributed by atoms with Crippen LogP contribution in [-0.2, 0) is 9.59 Å². The van der Waals surface area contributed by atoms with Gasteiger partial charge in [0.1, 0.15) is 5.82 Å². The monoisotopic (exact) mass is 513 g/mol. The molecule has 0 aromatic heterocycles. The summed E-state index contributed by atoms with van der Waals surface area (Å²) in [6.07, 6.45) is 11.3. The van der Waals surface area contributed by atoms with Crippen molar-refractivity contribution in [2.45, 2.75) is 103 Å². The second-order valence-corrected chi connectivity index (χ2v) is 11.6. The molecule has 2 amide bonds. The van der Waals surface area contributed by atoms with Crippen LogP contribution >= 0.6 is 0 Å². The number of ketones is 1. The van der Waals surface area contributed by atoms with Crippen LogP contribution in [0.5, 0.6) is 0 Å². The van der Waals surface area contributed by atoms with Crippen LogP contribution in [0.2, 0.25) is 0 Å². The van der Waals surface area contributed by atoms with Gasteiger partial charge < -0.3 is 15.1 Å². The lowest BCUT2D eigenvalue weighted by molar-refractivity contribution is -0.136. The minimum absolute atomic E-state index is 0.0352. The van der Waals surface area contributed by atoms with Crippen LogP contribution in [0.15, 0.2) is 24.3 Å². The van der Waals surface area contributed by atoms with Gasteiger partial charge in [0.15, 0.2) is 5.78 Å². The van der Waals surface area contributed by atoms with Gasteiger partial charge in [0.2, 0.25) is 11.8 Å². The molecule has 1 aromatic carbocycles. The minimum atomic E-state index is -0.305. The molecule has 0 unspecified atom stereocenters. The molecule has 1 heterocycles. The van der Waals surface area contributed by atoms with Crippen LogP contribution < -0.4 is 5.32 Å². The molecule has 2 saturated carbocycles. The average molecular weight is 514 g/mol. The highest BCUT2D eigenvalue weighted by molar-refractivity contribution is 5.97. The Morgan fingerprint density at radius 2 is 1.43 bits per heavy atom. The standard InChI is InChI=1S/C30H44FN3O3/c1-21(35)32-27-9-13-29(14-10-27)34(22(2)36)28-11-3-23(4-12-28)15-18-33-19-16-25(17-20-33)30(37)24-5-7-26(31)8-6-24/h5-8,23,25,27-29H,3-4,9-20H2,1-2H3,(H,32,35)/t23-,27?,28-,29?. The number of rotatable bonds is 8. The molecule has 2 aliphatic carbocycles. The number of hydrogen-bond donors (Lipinski definition) is 1. The average Bonchev–Trinajstić information content (AvgIpc) is 2.89. The third-order valence-electron chi connectivity index (χ3n) is 9.01. The van der Waals surface area contributed by atoms with Crippen LogP contribution in [0.1, 0.15) is 94.8 Å². The first-order valence-corrected chi connectivity index (χ1v) is 14.4. The number of likely N-dealkylation sites (tertiary alicyclic amines) is 1. The van der Waals surface area contributed by atoms with E-state index in [1.807, 2.05) is 0 Å². The fraction of sp³-hybridized carbons (Fsp3) is 0.700. The molecule has 4 rings (SSSR count). The number of nitrogens with one attached hydrogen (secondary N) is 1. The van der Waals surface area contributed by atoms with E-state index in [0.29, 0.717) is 23.6 Å². The number of carbonyl (C=O) groups is 3. The van der Waals surface area contributed by atoms with E-state index in [-0.39, 0.29) is 35.4 Å². The Morgan fingerprint density at radius 1 is 0.865 bits per heavy atom. The highest BCUT2D eigenvalue weighted by Crippen LogP contribution is 2.34. The summed E-state index contributed by atoms with van der Waals surface area (Å²) in [5.74, 6) is 0.830. The van der Waals surface area contributed by atoms with Gasteiger partial charge in [0.05, 0.1) is 0 Å². The van der Waals surface area contributed by atoms with E-state index < -0.39 is 0 Å². The molecule has 7 heteroatoms. The normalized spacial score (nSPS) is 27.4. The van der Waals surface area contributed by atoms with Gasteiger partial charge in [-0.05, 0) is 120 Å². The molecule has 0 radical (unpaired) electrons. The molecule has 3 aliphatic rings. The molecule has 0 spiro atoms. The maximum atomic E-state index is 13.2. The lowest BCUT2D eigenvalue weighted by atomic mass is 9.81. The largest absolute Gasteiger partial charge is 0.354 e. The molecule has 204 valence electrons. The summed E-state index contributed by atoms with van der Waals surface area (Å²) in [6.45, 7) is 6.27. The van der Waals surface area contributed by atoms with Crippen LogP contribution in [0.3, 0.4) is 0 Å². The highest BCUT2D eigenvalue weighted by atomic mass is 19.1. The SMILES string of the molecule is CC(=O)NC1CCC(N(C(C)=O)[C@H]2CC[C@H](CCN3CCC(C(=O)c4ccc(F)cc4)CC3)CC2)CC1.